The molecule has 1 aromatic heterocycles. The predicted molar refractivity (Wildman–Crippen MR) is 154 cm³/mol. The molecule has 208 valence electrons. The van der Waals surface area contributed by atoms with Crippen LogP contribution in [0.15, 0.2) is 66.9 Å². The molecule has 1 aliphatic rings. The van der Waals surface area contributed by atoms with Gasteiger partial charge in [-0.25, -0.2) is 9.18 Å². The number of nitrogens with zero attached hydrogens (tertiary/aromatic N) is 2. The molecule has 4 aromatic rings. The van der Waals surface area contributed by atoms with E-state index in [2.05, 4.69) is 20.5 Å². The molecule has 2 amide bonds. The normalized spacial score (nSPS) is 13.3. The number of halogens is 1. The van der Waals surface area contributed by atoms with E-state index >= 15 is 4.39 Å². The van der Waals surface area contributed by atoms with Crippen LogP contribution in [0.5, 0.6) is 23.0 Å². The van der Waals surface area contributed by atoms with Crippen LogP contribution in [0.3, 0.4) is 0 Å². The first-order valence-electron chi connectivity index (χ1n) is 13.4. The first-order chi connectivity index (χ1) is 19.5. The summed E-state index contributed by atoms with van der Waals surface area (Å²) < 4.78 is 32.6. The molecule has 0 bridgehead atoms. The lowest BCUT2D eigenvalue weighted by Gasteiger charge is -2.16. The fourth-order valence-corrected chi connectivity index (χ4v) is 4.74. The van der Waals surface area contributed by atoms with Crippen LogP contribution in [-0.4, -0.2) is 49.3 Å². The minimum Gasteiger partial charge on any atom is -0.493 e. The molecule has 0 spiro atoms. The van der Waals surface area contributed by atoms with Crippen molar-refractivity contribution < 1.29 is 23.4 Å². The first-order valence-corrected chi connectivity index (χ1v) is 13.4. The second-order valence-electron chi connectivity index (χ2n) is 9.72. The minimum absolute atomic E-state index is 0.0126. The highest BCUT2D eigenvalue weighted by atomic mass is 19.1. The first kappa shape index (κ1) is 27.2. The average Bonchev–Trinajstić information content (AvgIpc) is 3.47. The summed E-state index contributed by atoms with van der Waals surface area (Å²) in [7, 11) is 1.58. The van der Waals surface area contributed by atoms with E-state index in [1.54, 1.807) is 37.6 Å². The summed E-state index contributed by atoms with van der Waals surface area (Å²) >= 11 is 0. The summed E-state index contributed by atoms with van der Waals surface area (Å²) in [5.41, 5.74) is 2.53. The highest BCUT2D eigenvalue weighted by molar-refractivity contribution is 6.00. The Hall–Kier alpha value is -4.37. The molecule has 0 unspecified atom stereocenters. The Balaban J connectivity index is 1.26. The third-order valence-corrected chi connectivity index (χ3v) is 6.86. The maximum Gasteiger partial charge on any atom is 0.323 e. The van der Waals surface area contributed by atoms with Gasteiger partial charge in [-0.1, -0.05) is 18.2 Å². The van der Waals surface area contributed by atoms with E-state index in [-0.39, 0.29) is 5.75 Å². The third kappa shape index (κ3) is 6.60. The summed E-state index contributed by atoms with van der Waals surface area (Å²) in [5, 5.41) is 6.07. The molecule has 0 atom stereocenters. The number of hydrogen-bond donors (Lipinski definition) is 2. The molecule has 3 aromatic carbocycles. The smallest absolute Gasteiger partial charge is 0.323 e. The van der Waals surface area contributed by atoms with Crippen molar-refractivity contribution in [1.29, 1.82) is 0 Å². The summed E-state index contributed by atoms with van der Waals surface area (Å²) in [6.45, 7) is 5.81. The molecule has 5 rings (SSSR count). The number of ether oxygens (including phenoxy) is 3. The second kappa shape index (κ2) is 12.7. The number of rotatable bonds is 10. The number of methoxy groups -OCH3 is 1. The van der Waals surface area contributed by atoms with Gasteiger partial charge < -0.3 is 29.7 Å². The highest BCUT2D eigenvalue weighted by Crippen LogP contribution is 2.38. The molecule has 9 heteroatoms. The highest BCUT2D eigenvalue weighted by Gasteiger charge is 2.15. The van der Waals surface area contributed by atoms with Crippen LogP contribution in [0, 0.1) is 12.7 Å². The maximum absolute atomic E-state index is 15.0. The van der Waals surface area contributed by atoms with Crippen molar-refractivity contribution in [2.75, 3.05) is 44.0 Å². The number of para-hydroxylation sites is 1. The maximum atomic E-state index is 15.0. The molecular weight excluding hydrogens is 511 g/mol. The van der Waals surface area contributed by atoms with Gasteiger partial charge in [-0.2, -0.15) is 0 Å². The van der Waals surface area contributed by atoms with Crippen molar-refractivity contribution in [2.45, 2.75) is 26.2 Å². The van der Waals surface area contributed by atoms with Crippen molar-refractivity contribution >= 4 is 28.3 Å². The fraction of sp³-hybridized carbons (Fsp3) is 0.290. The molecule has 0 aliphatic carbocycles. The summed E-state index contributed by atoms with van der Waals surface area (Å²) in [4.78, 5) is 19.3. The third-order valence-electron chi connectivity index (χ3n) is 6.86. The Morgan fingerprint density at radius 3 is 2.58 bits per heavy atom. The van der Waals surface area contributed by atoms with E-state index < -0.39 is 11.8 Å². The molecule has 1 aliphatic heterocycles. The van der Waals surface area contributed by atoms with Gasteiger partial charge in [-0.3, -0.25) is 4.98 Å². The molecule has 8 nitrogen and oxygen atoms in total. The van der Waals surface area contributed by atoms with Crippen LogP contribution < -0.4 is 24.8 Å². The zero-order valence-corrected chi connectivity index (χ0v) is 22.7. The van der Waals surface area contributed by atoms with Gasteiger partial charge in [0.1, 0.15) is 5.75 Å². The lowest BCUT2D eigenvalue weighted by atomic mass is 10.1. The molecular formula is C31H33FN4O4. The van der Waals surface area contributed by atoms with E-state index in [1.165, 1.54) is 25.0 Å². The molecule has 40 heavy (non-hydrogen) atoms. The number of benzene rings is 3. The van der Waals surface area contributed by atoms with Crippen LogP contribution in [0.25, 0.3) is 10.9 Å². The number of anilines is 2. The number of urea groups is 1. The number of pyridine rings is 1. The zero-order chi connectivity index (χ0) is 27.9. The number of aryl methyl sites for hydroxylation is 1. The summed E-state index contributed by atoms with van der Waals surface area (Å²) in [6.07, 6.45) is 5.07. The second-order valence-corrected chi connectivity index (χ2v) is 9.72. The predicted octanol–water partition coefficient (Wildman–Crippen LogP) is 6.99. The van der Waals surface area contributed by atoms with E-state index in [1.807, 2.05) is 31.2 Å². The van der Waals surface area contributed by atoms with Crippen molar-refractivity contribution in [2.24, 2.45) is 0 Å². The Morgan fingerprint density at radius 1 is 0.975 bits per heavy atom. The van der Waals surface area contributed by atoms with Crippen LogP contribution in [-0.2, 0) is 0 Å². The van der Waals surface area contributed by atoms with Gasteiger partial charge in [0.25, 0.3) is 0 Å². The van der Waals surface area contributed by atoms with E-state index in [0.29, 0.717) is 46.1 Å². The van der Waals surface area contributed by atoms with Crippen LogP contribution in [0.2, 0.25) is 0 Å². The van der Waals surface area contributed by atoms with Crippen LogP contribution in [0.4, 0.5) is 20.6 Å². The van der Waals surface area contributed by atoms with Crippen molar-refractivity contribution in [1.82, 2.24) is 9.88 Å². The molecule has 2 heterocycles. The van der Waals surface area contributed by atoms with Gasteiger partial charge in [-0.15, -0.1) is 0 Å². The van der Waals surface area contributed by atoms with E-state index in [4.69, 9.17) is 14.2 Å². The lowest BCUT2D eigenvalue weighted by molar-refractivity contribution is 0.254. The topological polar surface area (TPSA) is 85.0 Å². The Bertz CT molecular complexity index is 1490. The van der Waals surface area contributed by atoms with Gasteiger partial charge in [0.05, 0.1) is 19.2 Å². The quantitative estimate of drug-likeness (QED) is 0.209. The van der Waals surface area contributed by atoms with Gasteiger partial charge in [0.2, 0.25) is 0 Å². The molecule has 0 radical (unpaired) electrons. The number of nitrogens with one attached hydrogen (secondary N) is 2. The van der Waals surface area contributed by atoms with E-state index in [0.717, 1.165) is 31.6 Å². The zero-order valence-electron chi connectivity index (χ0n) is 22.7. The van der Waals surface area contributed by atoms with Gasteiger partial charge in [0, 0.05) is 41.6 Å². The SMILES string of the molecule is COc1cc2c(Oc3ccc(NC(=O)Nc4ccccc4C)cc3F)ccnc2cc1OCCCN1CCCC1. The number of hydrogen-bond acceptors (Lipinski definition) is 6. The summed E-state index contributed by atoms with van der Waals surface area (Å²) in [5.74, 6) is 0.959. The molecule has 1 fully saturated rings. The molecule has 2 N–H and O–H groups in total. The van der Waals surface area contributed by atoms with Gasteiger partial charge >= 0.3 is 6.03 Å². The number of carbonyl (C=O) groups is 1. The number of carbonyl (C=O) groups excluding carboxylic acids is 1. The average molecular weight is 545 g/mol. The number of fused-ring (bicyclic) bond motifs is 1. The van der Waals surface area contributed by atoms with Crippen LogP contribution >= 0.6 is 0 Å². The number of amides is 2. The Labute approximate surface area is 233 Å². The van der Waals surface area contributed by atoms with Gasteiger partial charge in [-0.05, 0) is 75.2 Å². The fourth-order valence-electron chi connectivity index (χ4n) is 4.74. The number of aromatic nitrogens is 1. The molecule has 0 saturated carbocycles. The molecule has 1 saturated heterocycles. The minimum atomic E-state index is -0.622. The largest absolute Gasteiger partial charge is 0.493 e. The van der Waals surface area contributed by atoms with E-state index in [9.17, 15) is 4.79 Å². The Morgan fingerprint density at radius 2 is 1.80 bits per heavy atom. The lowest BCUT2D eigenvalue weighted by Crippen LogP contribution is -2.21. The van der Waals surface area contributed by atoms with Crippen molar-refractivity contribution in [3.05, 3.63) is 78.2 Å². The van der Waals surface area contributed by atoms with Crippen molar-refractivity contribution in [3.63, 3.8) is 0 Å². The standard InChI is InChI=1S/C31H33FN4O4/c1-21-8-3-4-9-25(21)35-31(37)34-22-10-11-28(24(32)18-22)40-27-12-13-33-26-20-30(29(38-2)19-23(26)27)39-17-7-16-36-14-5-6-15-36/h3-4,8-13,18-20H,5-7,14-17H2,1-2H3,(H2,34,35,37). The summed E-state index contributed by atoms with van der Waals surface area (Å²) in [6, 6.07) is 16.5. The van der Waals surface area contributed by atoms with Crippen molar-refractivity contribution in [3.8, 4) is 23.0 Å². The van der Waals surface area contributed by atoms with Gasteiger partial charge in [0.15, 0.2) is 23.1 Å². The van der Waals surface area contributed by atoms with Crippen LogP contribution in [0.1, 0.15) is 24.8 Å². The monoisotopic (exact) mass is 544 g/mol. The number of likely N-dealkylation sites (tertiary alicyclic amines) is 1. The Kier molecular flexibility index (Phi) is 8.61.